The molecule has 0 radical (unpaired) electrons. The fourth-order valence-corrected chi connectivity index (χ4v) is 2.39. The summed E-state index contributed by atoms with van der Waals surface area (Å²) in [5, 5.41) is 4.90. The van der Waals surface area contributed by atoms with Crippen LogP contribution in [-0.4, -0.2) is 17.6 Å². The van der Waals surface area contributed by atoms with E-state index >= 15 is 0 Å². The van der Waals surface area contributed by atoms with Crippen LogP contribution in [0.2, 0.25) is 0 Å². The SMILES string of the molecule is C=CCN(C(=O)Cc1noc2ccccc12)c1ccccc1. The van der Waals surface area contributed by atoms with Crippen LogP contribution in [-0.2, 0) is 11.2 Å². The molecule has 0 atom stereocenters. The Kier molecular flexibility index (Phi) is 4.01. The Morgan fingerprint density at radius 2 is 1.86 bits per heavy atom. The lowest BCUT2D eigenvalue weighted by Gasteiger charge is -2.20. The molecule has 2 aromatic carbocycles. The molecule has 0 saturated heterocycles. The van der Waals surface area contributed by atoms with Crippen LogP contribution >= 0.6 is 0 Å². The molecule has 4 nitrogen and oxygen atoms in total. The number of hydrogen-bond donors (Lipinski definition) is 0. The summed E-state index contributed by atoms with van der Waals surface area (Å²) in [5.41, 5.74) is 2.20. The van der Waals surface area contributed by atoms with Crippen LogP contribution in [0.15, 0.2) is 71.8 Å². The second kappa shape index (κ2) is 6.26. The lowest BCUT2D eigenvalue weighted by molar-refractivity contribution is -0.117. The van der Waals surface area contributed by atoms with Gasteiger partial charge in [-0.15, -0.1) is 6.58 Å². The number of amides is 1. The van der Waals surface area contributed by atoms with Gasteiger partial charge in [0, 0.05) is 17.6 Å². The topological polar surface area (TPSA) is 46.3 Å². The smallest absolute Gasteiger partial charge is 0.233 e. The van der Waals surface area contributed by atoms with E-state index in [2.05, 4.69) is 11.7 Å². The Morgan fingerprint density at radius 1 is 1.14 bits per heavy atom. The maximum atomic E-state index is 12.6. The maximum absolute atomic E-state index is 12.6. The van der Waals surface area contributed by atoms with E-state index in [4.69, 9.17) is 4.52 Å². The molecule has 4 heteroatoms. The predicted molar refractivity (Wildman–Crippen MR) is 86.7 cm³/mol. The summed E-state index contributed by atoms with van der Waals surface area (Å²) in [6.45, 7) is 4.18. The molecule has 22 heavy (non-hydrogen) atoms. The first-order valence-electron chi connectivity index (χ1n) is 7.09. The zero-order valence-electron chi connectivity index (χ0n) is 12.1. The third-order valence-corrected chi connectivity index (χ3v) is 3.45. The van der Waals surface area contributed by atoms with Crippen molar-refractivity contribution in [2.45, 2.75) is 6.42 Å². The zero-order chi connectivity index (χ0) is 15.4. The van der Waals surface area contributed by atoms with Gasteiger partial charge in [-0.25, -0.2) is 0 Å². The van der Waals surface area contributed by atoms with Crippen LogP contribution in [0.25, 0.3) is 11.0 Å². The highest BCUT2D eigenvalue weighted by Gasteiger charge is 2.18. The summed E-state index contributed by atoms with van der Waals surface area (Å²) in [7, 11) is 0. The van der Waals surface area contributed by atoms with Crippen molar-refractivity contribution in [1.29, 1.82) is 0 Å². The van der Waals surface area contributed by atoms with E-state index in [9.17, 15) is 4.79 Å². The Bertz CT molecular complexity index is 793. The van der Waals surface area contributed by atoms with Crippen molar-refractivity contribution in [3.05, 3.63) is 72.9 Å². The molecule has 0 spiro atoms. The minimum Gasteiger partial charge on any atom is -0.356 e. The highest BCUT2D eigenvalue weighted by molar-refractivity contribution is 5.96. The van der Waals surface area contributed by atoms with Gasteiger partial charge in [0.2, 0.25) is 5.91 Å². The van der Waals surface area contributed by atoms with E-state index < -0.39 is 0 Å². The zero-order valence-corrected chi connectivity index (χ0v) is 12.1. The van der Waals surface area contributed by atoms with Crippen molar-refractivity contribution in [3.63, 3.8) is 0 Å². The summed E-state index contributed by atoms with van der Waals surface area (Å²) in [5.74, 6) is -0.0369. The molecular weight excluding hydrogens is 276 g/mol. The van der Waals surface area contributed by atoms with Crippen LogP contribution in [0.5, 0.6) is 0 Å². The average Bonchev–Trinajstić information content (AvgIpc) is 2.96. The lowest BCUT2D eigenvalue weighted by atomic mass is 10.1. The molecule has 0 unspecified atom stereocenters. The van der Waals surface area contributed by atoms with Gasteiger partial charge in [-0.2, -0.15) is 0 Å². The molecular formula is C18H16N2O2. The van der Waals surface area contributed by atoms with Crippen LogP contribution in [0.4, 0.5) is 5.69 Å². The molecule has 3 aromatic rings. The number of benzene rings is 2. The maximum Gasteiger partial charge on any atom is 0.233 e. The third-order valence-electron chi connectivity index (χ3n) is 3.45. The number of anilines is 1. The Morgan fingerprint density at radius 3 is 2.64 bits per heavy atom. The number of fused-ring (bicyclic) bond motifs is 1. The molecule has 0 N–H and O–H groups in total. The number of rotatable bonds is 5. The standard InChI is InChI=1S/C18H16N2O2/c1-2-12-20(14-8-4-3-5-9-14)18(21)13-16-15-10-6-7-11-17(15)22-19-16/h2-11H,1,12-13H2. The van der Waals surface area contributed by atoms with E-state index in [-0.39, 0.29) is 12.3 Å². The van der Waals surface area contributed by atoms with Crippen molar-refractivity contribution in [2.75, 3.05) is 11.4 Å². The van der Waals surface area contributed by atoms with Crippen LogP contribution < -0.4 is 4.90 Å². The summed E-state index contributed by atoms with van der Waals surface area (Å²) in [6, 6.07) is 17.1. The quantitative estimate of drug-likeness (QED) is 0.675. The van der Waals surface area contributed by atoms with Gasteiger partial charge >= 0.3 is 0 Å². The minimum absolute atomic E-state index is 0.0369. The molecule has 0 bridgehead atoms. The van der Waals surface area contributed by atoms with E-state index in [0.717, 1.165) is 11.1 Å². The monoisotopic (exact) mass is 292 g/mol. The average molecular weight is 292 g/mol. The van der Waals surface area contributed by atoms with E-state index in [0.29, 0.717) is 17.8 Å². The van der Waals surface area contributed by atoms with E-state index in [1.807, 2.05) is 54.6 Å². The molecule has 0 fully saturated rings. The molecule has 1 amide bonds. The van der Waals surface area contributed by atoms with Gasteiger partial charge in [-0.1, -0.05) is 41.6 Å². The molecule has 3 rings (SSSR count). The van der Waals surface area contributed by atoms with Crippen molar-refractivity contribution < 1.29 is 9.32 Å². The first kappa shape index (κ1) is 14.1. The summed E-state index contributed by atoms with van der Waals surface area (Å²) < 4.78 is 5.25. The first-order chi connectivity index (χ1) is 10.8. The largest absolute Gasteiger partial charge is 0.356 e. The summed E-state index contributed by atoms with van der Waals surface area (Å²) >= 11 is 0. The second-order valence-electron chi connectivity index (χ2n) is 4.93. The van der Waals surface area contributed by atoms with Gasteiger partial charge in [-0.3, -0.25) is 4.79 Å². The second-order valence-corrected chi connectivity index (χ2v) is 4.93. The van der Waals surface area contributed by atoms with Gasteiger partial charge in [0.05, 0.1) is 6.42 Å². The highest BCUT2D eigenvalue weighted by Crippen LogP contribution is 2.20. The van der Waals surface area contributed by atoms with Crippen molar-refractivity contribution in [1.82, 2.24) is 5.16 Å². The minimum atomic E-state index is -0.0369. The molecule has 0 aliphatic rings. The van der Waals surface area contributed by atoms with Crippen molar-refractivity contribution >= 4 is 22.6 Å². The van der Waals surface area contributed by atoms with Crippen molar-refractivity contribution in [3.8, 4) is 0 Å². The van der Waals surface area contributed by atoms with Crippen LogP contribution in [0, 0.1) is 0 Å². The van der Waals surface area contributed by atoms with Gasteiger partial charge in [0.25, 0.3) is 0 Å². The molecule has 110 valence electrons. The molecule has 1 heterocycles. The van der Waals surface area contributed by atoms with Crippen LogP contribution in [0.1, 0.15) is 5.69 Å². The Hall–Kier alpha value is -2.88. The fourth-order valence-electron chi connectivity index (χ4n) is 2.39. The number of hydrogen-bond acceptors (Lipinski definition) is 3. The van der Waals surface area contributed by atoms with E-state index in [1.54, 1.807) is 11.0 Å². The number of aromatic nitrogens is 1. The highest BCUT2D eigenvalue weighted by atomic mass is 16.5. The van der Waals surface area contributed by atoms with Crippen molar-refractivity contribution in [2.24, 2.45) is 0 Å². The third kappa shape index (κ3) is 2.76. The predicted octanol–water partition coefficient (Wildman–Crippen LogP) is 3.59. The molecule has 1 aromatic heterocycles. The van der Waals surface area contributed by atoms with Crippen LogP contribution in [0.3, 0.4) is 0 Å². The first-order valence-corrected chi connectivity index (χ1v) is 7.09. The number of carbonyl (C=O) groups excluding carboxylic acids is 1. The van der Waals surface area contributed by atoms with Gasteiger partial charge in [0.15, 0.2) is 5.58 Å². The number of nitrogens with zero attached hydrogens (tertiary/aromatic N) is 2. The Labute approximate surface area is 128 Å². The molecule has 0 aliphatic heterocycles. The summed E-state index contributed by atoms with van der Waals surface area (Å²) in [4.78, 5) is 14.3. The van der Waals surface area contributed by atoms with Gasteiger partial charge in [-0.05, 0) is 24.3 Å². The normalized spacial score (nSPS) is 10.5. The number of para-hydroxylation sites is 2. The molecule has 0 aliphatic carbocycles. The summed E-state index contributed by atoms with van der Waals surface area (Å²) in [6.07, 6.45) is 1.91. The molecule has 0 saturated carbocycles. The Balaban J connectivity index is 1.87. The number of carbonyl (C=O) groups is 1. The van der Waals surface area contributed by atoms with E-state index in [1.165, 1.54) is 0 Å². The lowest BCUT2D eigenvalue weighted by Crippen LogP contribution is -2.32. The fraction of sp³-hybridized carbons (Fsp3) is 0.111. The van der Waals surface area contributed by atoms with Gasteiger partial charge < -0.3 is 9.42 Å². The van der Waals surface area contributed by atoms with Gasteiger partial charge in [0.1, 0.15) is 5.69 Å².